The fourth-order valence-electron chi connectivity index (χ4n) is 1.30. The van der Waals surface area contributed by atoms with Gasteiger partial charge in [-0.1, -0.05) is 0 Å². The maximum absolute atomic E-state index is 13.3. The lowest BCUT2D eigenvalue weighted by atomic mass is 10.2. The number of aromatic nitrogens is 1. The van der Waals surface area contributed by atoms with Gasteiger partial charge in [0.25, 0.3) is 0 Å². The Morgan fingerprint density at radius 2 is 2.06 bits per heavy atom. The van der Waals surface area contributed by atoms with Gasteiger partial charge in [0.1, 0.15) is 0 Å². The number of halogens is 2. The molecule has 0 saturated heterocycles. The molecule has 0 aromatic carbocycles. The van der Waals surface area contributed by atoms with Crippen LogP contribution in [0.15, 0.2) is 6.07 Å². The van der Waals surface area contributed by atoms with Crippen LogP contribution in [0.5, 0.6) is 0 Å². The van der Waals surface area contributed by atoms with E-state index >= 15 is 0 Å². The summed E-state index contributed by atoms with van der Waals surface area (Å²) in [5.74, 6) is 3.12. The largest absolute Gasteiger partial charge is 0.393 e. The van der Waals surface area contributed by atoms with Gasteiger partial charge in [0.05, 0.1) is 6.10 Å². The van der Waals surface area contributed by atoms with E-state index < -0.39 is 17.7 Å². The van der Waals surface area contributed by atoms with Crippen molar-refractivity contribution in [2.24, 2.45) is 5.84 Å². The van der Waals surface area contributed by atoms with Crippen molar-refractivity contribution >= 4 is 11.6 Å². The molecule has 0 aliphatic carbocycles. The third-order valence-corrected chi connectivity index (χ3v) is 2.16. The third-order valence-electron chi connectivity index (χ3n) is 2.16. The molecule has 0 spiro atoms. The Kier molecular flexibility index (Phi) is 5.05. The lowest BCUT2D eigenvalue weighted by molar-refractivity contribution is 0.183. The fourth-order valence-corrected chi connectivity index (χ4v) is 1.30. The molecule has 0 bridgehead atoms. The molecule has 5 N–H and O–H groups in total. The maximum Gasteiger partial charge on any atom is 0.178 e. The molecule has 5 nitrogen and oxygen atoms in total. The van der Waals surface area contributed by atoms with Gasteiger partial charge in [-0.2, -0.15) is 0 Å². The average Bonchev–Trinajstić information content (AvgIpc) is 2.26. The van der Waals surface area contributed by atoms with Crippen LogP contribution in [0.3, 0.4) is 0 Å². The summed E-state index contributed by atoms with van der Waals surface area (Å²) in [6, 6.07) is 0.708. The molecule has 0 fully saturated rings. The fraction of sp³-hybridized carbons (Fsp3) is 0.500. The zero-order valence-electron chi connectivity index (χ0n) is 9.50. The first-order valence-corrected chi connectivity index (χ1v) is 5.29. The van der Waals surface area contributed by atoms with Crippen LogP contribution in [0.1, 0.15) is 19.8 Å². The molecule has 17 heavy (non-hydrogen) atoms. The minimum absolute atomic E-state index is 0.0649. The second kappa shape index (κ2) is 6.31. The third kappa shape index (κ3) is 4.12. The van der Waals surface area contributed by atoms with E-state index in [1.807, 2.05) is 5.43 Å². The van der Waals surface area contributed by atoms with E-state index in [0.29, 0.717) is 25.5 Å². The number of hydrogen-bond donors (Lipinski definition) is 4. The second-order valence-electron chi connectivity index (χ2n) is 3.71. The highest BCUT2D eigenvalue weighted by Gasteiger charge is 2.10. The van der Waals surface area contributed by atoms with E-state index in [9.17, 15) is 8.78 Å². The molecule has 7 heteroatoms. The summed E-state index contributed by atoms with van der Waals surface area (Å²) in [4.78, 5) is 3.65. The van der Waals surface area contributed by atoms with Gasteiger partial charge in [-0.15, -0.1) is 0 Å². The molecular weight excluding hydrogens is 230 g/mol. The molecule has 0 saturated carbocycles. The number of hydrazine groups is 1. The van der Waals surface area contributed by atoms with Gasteiger partial charge in [-0.25, -0.2) is 19.6 Å². The standard InChI is InChI=1S/C10H16F2N4O/c1-6(17)3-2-4-14-9-7(11)5-8(12)10(15-9)16-13/h5-6,17H,2-4,13H2,1H3,(H2,14,15,16). The Labute approximate surface area is 98.0 Å². The Balaban J connectivity index is 2.58. The Morgan fingerprint density at radius 3 is 2.65 bits per heavy atom. The highest BCUT2D eigenvalue weighted by molar-refractivity contribution is 5.46. The van der Waals surface area contributed by atoms with Crippen molar-refractivity contribution in [1.29, 1.82) is 0 Å². The Bertz CT molecular complexity index is 374. The van der Waals surface area contributed by atoms with Gasteiger partial charge in [-0.05, 0) is 19.8 Å². The van der Waals surface area contributed by atoms with Gasteiger partial charge in [0, 0.05) is 12.6 Å². The molecule has 0 radical (unpaired) electrons. The molecule has 96 valence electrons. The molecule has 1 aromatic rings. The molecule has 1 rings (SSSR count). The number of rotatable bonds is 6. The minimum Gasteiger partial charge on any atom is -0.393 e. The first-order valence-electron chi connectivity index (χ1n) is 5.29. The summed E-state index contributed by atoms with van der Waals surface area (Å²) >= 11 is 0. The highest BCUT2D eigenvalue weighted by atomic mass is 19.1. The maximum atomic E-state index is 13.3. The summed E-state index contributed by atoms with van der Waals surface area (Å²) < 4.78 is 26.3. The van der Waals surface area contributed by atoms with Crippen molar-refractivity contribution < 1.29 is 13.9 Å². The van der Waals surface area contributed by atoms with Crippen molar-refractivity contribution in [1.82, 2.24) is 4.98 Å². The van der Waals surface area contributed by atoms with Crippen LogP contribution >= 0.6 is 0 Å². The topological polar surface area (TPSA) is 83.2 Å². The summed E-state index contributed by atoms with van der Waals surface area (Å²) in [7, 11) is 0. The number of aliphatic hydroxyl groups excluding tert-OH is 1. The molecule has 1 unspecified atom stereocenters. The second-order valence-corrected chi connectivity index (χ2v) is 3.71. The quantitative estimate of drug-likeness (QED) is 0.344. The Morgan fingerprint density at radius 1 is 1.41 bits per heavy atom. The number of nitrogens with two attached hydrogens (primary N) is 1. The van der Waals surface area contributed by atoms with Crippen molar-refractivity contribution in [3.63, 3.8) is 0 Å². The molecular formula is C10H16F2N4O. The van der Waals surface area contributed by atoms with Gasteiger partial charge < -0.3 is 15.8 Å². The van der Waals surface area contributed by atoms with Gasteiger partial charge in [0.2, 0.25) is 0 Å². The van der Waals surface area contributed by atoms with Crippen molar-refractivity contribution in [3.8, 4) is 0 Å². The summed E-state index contributed by atoms with van der Waals surface area (Å²) in [5, 5.41) is 11.7. The normalized spacial score (nSPS) is 12.3. The predicted molar refractivity (Wildman–Crippen MR) is 61.4 cm³/mol. The van der Waals surface area contributed by atoms with Gasteiger partial charge in [-0.3, -0.25) is 0 Å². The van der Waals surface area contributed by atoms with Crippen LogP contribution in [0, 0.1) is 11.6 Å². The molecule has 0 aliphatic rings. The van der Waals surface area contributed by atoms with Crippen molar-refractivity contribution in [2.75, 3.05) is 17.3 Å². The number of hydrogen-bond acceptors (Lipinski definition) is 5. The highest BCUT2D eigenvalue weighted by Crippen LogP contribution is 2.18. The molecule has 0 aliphatic heterocycles. The average molecular weight is 246 g/mol. The monoisotopic (exact) mass is 246 g/mol. The zero-order valence-corrected chi connectivity index (χ0v) is 9.50. The number of pyridine rings is 1. The van der Waals surface area contributed by atoms with Crippen molar-refractivity contribution in [2.45, 2.75) is 25.9 Å². The number of nitrogens with one attached hydrogen (secondary N) is 2. The van der Waals surface area contributed by atoms with Crippen LogP contribution in [-0.4, -0.2) is 22.7 Å². The lowest BCUT2D eigenvalue weighted by Gasteiger charge is -2.09. The summed E-state index contributed by atoms with van der Waals surface area (Å²) in [5.41, 5.74) is 2.04. The van der Waals surface area contributed by atoms with Crippen molar-refractivity contribution in [3.05, 3.63) is 17.7 Å². The van der Waals surface area contributed by atoms with Gasteiger partial charge in [0.15, 0.2) is 23.3 Å². The van der Waals surface area contributed by atoms with E-state index in [-0.39, 0.29) is 11.6 Å². The van der Waals surface area contributed by atoms with Crippen LogP contribution in [0.4, 0.5) is 20.4 Å². The number of anilines is 2. The van der Waals surface area contributed by atoms with E-state index in [0.717, 1.165) is 0 Å². The molecule has 1 aromatic heterocycles. The molecule has 1 heterocycles. The molecule has 1 atom stereocenters. The number of nitrogens with zero attached hydrogens (tertiary/aromatic N) is 1. The first kappa shape index (κ1) is 13.6. The SMILES string of the molecule is CC(O)CCCNc1nc(NN)c(F)cc1F. The number of nitrogen functional groups attached to an aromatic ring is 1. The Hall–Kier alpha value is -1.47. The number of aliphatic hydroxyl groups is 1. The molecule has 0 amide bonds. The van der Waals surface area contributed by atoms with E-state index in [4.69, 9.17) is 10.9 Å². The first-order chi connectivity index (χ1) is 8.04. The summed E-state index contributed by atoms with van der Waals surface area (Å²) in [6.07, 6.45) is 0.850. The van der Waals surface area contributed by atoms with E-state index in [2.05, 4.69) is 10.3 Å². The van der Waals surface area contributed by atoms with Gasteiger partial charge >= 0.3 is 0 Å². The summed E-state index contributed by atoms with van der Waals surface area (Å²) in [6.45, 7) is 2.11. The van der Waals surface area contributed by atoms with E-state index in [1.165, 1.54) is 0 Å². The minimum atomic E-state index is -0.848. The van der Waals surface area contributed by atoms with Crippen LogP contribution in [0.25, 0.3) is 0 Å². The lowest BCUT2D eigenvalue weighted by Crippen LogP contribution is -2.14. The zero-order chi connectivity index (χ0) is 12.8. The van der Waals surface area contributed by atoms with Crippen LogP contribution in [-0.2, 0) is 0 Å². The van der Waals surface area contributed by atoms with E-state index in [1.54, 1.807) is 6.92 Å². The van der Waals surface area contributed by atoms with Crippen LogP contribution < -0.4 is 16.6 Å². The smallest absolute Gasteiger partial charge is 0.178 e. The predicted octanol–water partition coefficient (Wildman–Crippen LogP) is 1.22. The van der Waals surface area contributed by atoms with Crippen LogP contribution in [0.2, 0.25) is 0 Å².